The Morgan fingerprint density at radius 3 is 2.35 bits per heavy atom. The fourth-order valence-corrected chi connectivity index (χ4v) is 5.40. The van der Waals surface area contributed by atoms with E-state index in [4.69, 9.17) is 11.6 Å². The molecule has 46 heavy (non-hydrogen) atoms. The van der Waals surface area contributed by atoms with Gasteiger partial charge in [-0.3, -0.25) is 34.0 Å². The number of amides is 5. The van der Waals surface area contributed by atoms with Crippen molar-refractivity contribution >= 4 is 53.3 Å². The van der Waals surface area contributed by atoms with Crippen molar-refractivity contribution in [1.29, 1.82) is 0 Å². The highest BCUT2D eigenvalue weighted by atomic mass is 35.5. The van der Waals surface area contributed by atoms with Crippen LogP contribution in [0.2, 0.25) is 0 Å². The quantitative estimate of drug-likeness (QED) is 0.104. The van der Waals surface area contributed by atoms with Crippen molar-refractivity contribution in [3.05, 3.63) is 0 Å². The summed E-state index contributed by atoms with van der Waals surface area (Å²) in [4.78, 5) is 78.0. The van der Waals surface area contributed by atoms with Crippen LogP contribution < -0.4 is 21.5 Å². The largest absolute Gasteiger partial charge is 0.479 e. The maximum absolute atomic E-state index is 14.1. The number of hydrazone groups is 1. The first-order valence-electron chi connectivity index (χ1n) is 14.5. The number of nitrogens with one attached hydrogen (secondary N) is 4. The molecule has 20 heteroatoms. The molecule has 0 spiro atoms. The van der Waals surface area contributed by atoms with E-state index < -0.39 is 102 Å². The summed E-state index contributed by atoms with van der Waals surface area (Å²) in [5, 5.41) is 58.8. The SMILES string of the molecule is C[C@H](NC(=O)[C@H]1[C@H](O)[C@H](O)C=NN1C(=O)CO)C(=O)N1NC[C@@H](Cl)C[C@@H]1C(=O)N1NC(C)(C)CC[C@H]1C(=O)N[C@@](C)(CO)C(=O)O. The highest BCUT2D eigenvalue weighted by Gasteiger charge is 2.48. The number of aliphatic hydroxyl groups is 4. The molecule has 0 aromatic heterocycles. The third-order valence-electron chi connectivity index (χ3n) is 7.97. The normalized spacial score (nSPS) is 29.7. The van der Waals surface area contributed by atoms with E-state index in [1.165, 1.54) is 6.92 Å². The smallest absolute Gasteiger partial charge is 0.331 e. The summed E-state index contributed by atoms with van der Waals surface area (Å²) in [7, 11) is 0. The van der Waals surface area contributed by atoms with Crippen LogP contribution in [0.25, 0.3) is 0 Å². The van der Waals surface area contributed by atoms with Crippen molar-refractivity contribution in [2.45, 2.75) is 99.8 Å². The minimum absolute atomic E-state index is 0.0368. The fraction of sp³-hybridized carbons (Fsp3) is 0.731. The Bertz CT molecular complexity index is 1250. The van der Waals surface area contributed by atoms with E-state index in [1.54, 1.807) is 13.8 Å². The zero-order chi connectivity index (χ0) is 34.7. The van der Waals surface area contributed by atoms with Crippen LogP contribution in [0, 0.1) is 0 Å². The highest BCUT2D eigenvalue weighted by molar-refractivity contribution is 6.21. The van der Waals surface area contributed by atoms with Gasteiger partial charge in [0.15, 0.2) is 11.6 Å². The van der Waals surface area contributed by atoms with Gasteiger partial charge in [0.05, 0.1) is 18.2 Å². The lowest BCUT2D eigenvalue weighted by atomic mass is 9.91. The van der Waals surface area contributed by atoms with E-state index in [1.807, 2.05) is 0 Å². The van der Waals surface area contributed by atoms with E-state index in [2.05, 4.69) is 26.6 Å². The Morgan fingerprint density at radius 2 is 1.76 bits per heavy atom. The summed E-state index contributed by atoms with van der Waals surface area (Å²) in [5.41, 5.74) is 2.99. The molecule has 3 rings (SSSR count). The van der Waals surface area contributed by atoms with Gasteiger partial charge in [0.2, 0.25) is 11.8 Å². The predicted octanol–water partition coefficient (Wildman–Crippen LogP) is -4.66. The van der Waals surface area contributed by atoms with Crippen LogP contribution in [-0.2, 0) is 28.8 Å². The van der Waals surface area contributed by atoms with E-state index in [-0.39, 0.29) is 19.4 Å². The Hall–Kier alpha value is -3.46. The van der Waals surface area contributed by atoms with Gasteiger partial charge >= 0.3 is 5.97 Å². The summed E-state index contributed by atoms with van der Waals surface area (Å²) in [6.45, 7) is 3.97. The summed E-state index contributed by atoms with van der Waals surface area (Å²) >= 11 is 6.36. The van der Waals surface area contributed by atoms with Crippen LogP contribution >= 0.6 is 11.6 Å². The Kier molecular flexibility index (Phi) is 11.7. The maximum Gasteiger partial charge on any atom is 0.331 e. The molecule has 3 aliphatic heterocycles. The third-order valence-corrected chi connectivity index (χ3v) is 8.30. The van der Waals surface area contributed by atoms with E-state index in [0.717, 1.165) is 23.2 Å². The van der Waals surface area contributed by atoms with Gasteiger partial charge in [0.25, 0.3) is 17.7 Å². The molecule has 5 amide bonds. The van der Waals surface area contributed by atoms with Crippen molar-refractivity contribution in [1.82, 2.24) is 36.5 Å². The monoisotopic (exact) mass is 676 g/mol. The van der Waals surface area contributed by atoms with Crippen LogP contribution in [0.3, 0.4) is 0 Å². The summed E-state index contributed by atoms with van der Waals surface area (Å²) in [6.07, 6.45) is -2.26. The number of carboxylic acids is 1. The zero-order valence-electron chi connectivity index (χ0n) is 25.7. The van der Waals surface area contributed by atoms with Gasteiger partial charge in [0, 0.05) is 12.1 Å². The number of hydrazine groups is 2. The molecule has 0 bridgehead atoms. The van der Waals surface area contributed by atoms with Gasteiger partial charge in [-0.1, -0.05) is 0 Å². The summed E-state index contributed by atoms with van der Waals surface area (Å²) in [5.74, 6) is -6.14. The van der Waals surface area contributed by atoms with Crippen LogP contribution in [-0.4, -0.2) is 155 Å². The average Bonchev–Trinajstić information content (AvgIpc) is 3.00. The molecule has 0 unspecified atom stereocenters. The number of alkyl halides is 1. The zero-order valence-corrected chi connectivity index (χ0v) is 26.5. The molecule has 0 aromatic carbocycles. The molecule has 0 aliphatic carbocycles. The van der Waals surface area contributed by atoms with Crippen LogP contribution in [0.5, 0.6) is 0 Å². The number of carboxylic acid groups (broad SMARTS) is 1. The highest BCUT2D eigenvalue weighted by Crippen LogP contribution is 2.27. The summed E-state index contributed by atoms with van der Waals surface area (Å²) in [6, 6.07) is -5.77. The second-order valence-electron chi connectivity index (χ2n) is 12.3. The third kappa shape index (κ3) is 7.91. The minimum atomic E-state index is -2.04. The van der Waals surface area contributed by atoms with Gasteiger partial charge in [0.1, 0.15) is 36.9 Å². The molecule has 258 valence electrons. The van der Waals surface area contributed by atoms with Gasteiger partial charge in [-0.15, -0.1) is 11.6 Å². The van der Waals surface area contributed by atoms with Crippen molar-refractivity contribution in [3.8, 4) is 0 Å². The lowest BCUT2D eigenvalue weighted by Crippen LogP contribution is -2.72. The molecule has 19 nitrogen and oxygen atoms in total. The molecular weight excluding hydrogens is 636 g/mol. The van der Waals surface area contributed by atoms with Gasteiger partial charge in [-0.2, -0.15) is 5.10 Å². The van der Waals surface area contributed by atoms with Crippen LogP contribution in [0.15, 0.2) is 5.10 Å². The Morgan fingerprint density at radius 1 is 1.11 bits per heavy atom. The number of carbonyl (C=O) groups is 6. The number of aliphatic hydroxyl groups excluding tert-OH is 4. The average molecular weight is 677 g/mol. The Balaban J connectivity index is 1.85. The van der Waals surface area contributed by atoms with Crippen LogP contribution in [0.1, 0.15) is 47.0 Å². The number of nitrogens with zero attached hydrogens (tertiary/aromatic N) is 4. The molecule has 0 saturated carbocycles. The predicted molar refractivity (Wildman–Crippen MR) is 157 cm³/mol. The van der Waals surface area contributed by atoms with Crippen molar-refractivity contribution in [2.24, 2.45) is 5.10 Å². The molecule has 0 radical (unpaired) electrons. The standard InChI is InChI=1S/C26H41ClN8O11/c1-12(30-21(42)18-19(40)16(38)9-29-35(18)17(39)10-36)22(43)33-15(7-13(27)8-28-33)23(44)34-14(5-6-25(2,3)32-34)20(41)31-26(4,11-37)24(45)46/h9,12-16,18-19,28,32,36-38,40H,5-8,10-11H2,1-4H3,(H,30,42)(H,31,41)(H,45,46)/t12-,13-,14-,15+,16+,18+,19+,26-/m0/s1. The van der Waals surface area contributed by atoms with E-state index in [9.17, 15) is 54.3 Å². The minimum Gasteiger partial charge on any atom is -0.479 e. The van der Waals surface area contributed by atoms with Gasteiger partial charge in [-0.25, -0.2) is 20.7 Å². The molecule has 0 aromatic rings. The topological polar surface area (TPSA) is 274 Å². The number of aliphatic carboxylic acids is 1. The molecule has 2 fully saturated rings. The number of carbonyl (C=O) groups excluding carboxylic acids is 5. The first kappa shape index (κ1) is 37.0. The second kappa shape index (κ2) is 14.5. The first-order valence-corrected chi connectivity index (χ1v) is 14.9. The van der Waals surface area contributed by atoms with Gasteiger partial charge < -0.3 is 36.2 Å². The number of halogens is 1. The lowest BCUT2D eigenvalue weighted by molar-refractivity contribution is -0.164. The van der Waals surface area contributed by atoms with Crippen LogP contribution in [0.4, 0.5) is 0 Å². The van der Waals surface area contributed by atoms with Crippen molar-refractivity contribution in [2.75, 3.05) is 19.8 Å². The van der Waals surface area contributed by atoms with E-state index >= 15 is 0 Å². The van der Waals surface area contributed by atoms with E-state index in [0.29, 0.717) is 11.4 Å². The van der Waals surface area contributed by atoms with Crippen molar-refractivity contribution < 1.29 is 54.3 Å². The molecular formula is C26H41ClN8O11. The molecule has 8 atom stereocenters. The number of hydrogen-bond donors (Lipinski definition) is 9. The molecule has 2 saturated heterocycles. The van der Waals surface area contributed by atoms with Gasteiger partial charge in [-0.05, 0) is 47.0 Å². The molecule has 3 aliphatic rings. The number of rotatable bonds is 9. The maximum atomic E-state index is 14.1. The molecule has 9 N–H and O–H groups in total. The molecule has 3 heterocycles. The summed E-state index contributed by atoms with van der Waals surface area (Å²) < 4.78 is 0. The Labute approximate surface area is 268 Å². The second-order valence-corrected chi connectivity index (χ2v) is 12.9. The first-order chi connectivity index (χ1) is 21.4. The number of hydrogen-bond acceptors (Lipinski definition) is 13. The lowest BCUT2D eigenvalue weighted by Gasteiger charge is -2.47. The van der Waals surface area contributed by atoms with Crippen molar-refractivity contribution in [3.63, 3.8) is 0 Å². The fourth-order valence-electron chi connectivity index (χ4n) is 5.16.